The smallest absolute Gasteiger partial charge is 0.407 e. The quantitative estimate of drug-likeness (QED) is 0.546. The molecule has 3 N–H and O–H groups in total. The first-order valence-corrected chi connectivity index (χ1v) is 9.54. The van der Waals surface area contributed by atoms with Gasteiger partial charge in [0.1, 0.15) is 23.2 Å². The summed E-state index contributed by atoms with van der Waals surface area (Å²) in [5.74, 6) is 1.83. The summed E-state index contributed by atoms with van der Waals surface area (Å²) in [6.45, 7) is 5.68. The van der Waals surface area contributed by atoms with E-state index in [4.69, 9.17) is 9.47 Å². The molecule has 0 saturated heterocycles. The molecule has 3 rings (SSSR count). The molecule has 0 fully saturated rings. The summed E-state index contributed by atoms with van der Waals surface area (Å²) in [5.41, 5.74) is 1.07. The van der Waals surface area contributed by atoms with Gasteiger partial charge in [-0.3, -0.25) is 10.1 Å². The van der Waals surface area contributed by atoms with Gasteiger partial charge in [0.25, 0.3) is 0 Å². The molecule has 1 atom stereocenters. The van der Waals surface area contributed by atoms with Crippen LogP contribution in [0.5, 0.6) is 5.75 Å². The second-order valence-electron chi connectivity index (χ2n) is 7.59. The van der Waals surface area contributed by atoms with Crippen LogP contribution < -0.4 is 15.4 Å². The van der Waals surface area contributed by atoms with Crippen LogP contribution in [0.1, 0.15) is 32.6 Å². The molecule has 3 aromatic rings. The lowest BCUT2D eigenvalue weighted by atomic mass is 10.2. The van der Waals surface area contributed by atoms with Crippen LogP contribution in [0.15, 0.2) is 48.8 Å². The molecule has 9 nitrogen and oxygen atoms in total. The number of nitrogens with zero attached hydrogens (tertiary/aromatic N) is 3. The number of aromatic nitrogens is 4. The molecule has 0 bridgehead atoms. The lowest BCUT2D eigenvalue weighted by molar-refractivity contribution is 0.0525. The maximum Gasteiger partial charge on any atom is 0.407 e. The number of anilines is 1. The van der Waals surface area contributed by atoms with Gasteiger partial charge in [0.2, 0.25) is 0 Å². The number of H-pyrrole nitrogens is 1. The Morgan fingerprint density at radius 3 is 2.67 bits per heavy atom. The third kappa shape index (κ3) is 5.94. The molecule has 2 aromatic heterocycles. The van der Waals surface area contributed by atoms with Crippen LogP contribution in [0.25, 0.3) is 11.4 Å². The highest BCUT2D eigenvalue weighted by atomic mass is 16.6. The molecular weight excluding hydrogens is 384 g/mol. The minimum absolute atomic E-state index is 0.233. The SMILES string of the molecule is COc1cccc(NC(CNC(=O)OC(C)(C)C)c2nc(-c3ccncc3)n[nH]2)c1. The van der Waals surface area contributed by atoms with E-state index < -0.39 is 11.7 Å². The lowest BCUT2D eigenvalue weighted by Crippen LogP contribution is -2.36. The highest BCUT2D eigenvalue weighted by molar-refractivity contribution is 5.67. The summed E-state index contributed by atoms with van der Waals surface area (Å²) in [7, 11) is 1.61. The van der Waals surface area contributed by atoms with Crippen molar-refractivity contribution in [2.75, 3.05) is 19.0 Å². The van der Waals surface area contributed by atoms with Crippen LogP contribution in [0.2, 0.25) is 0 Å². The number of ether oxygens (including phenoxy) is 2. The fourth-order valence-corrected chi connectivity index (χ4v) is 2.69. The molecule has 0 aliphatic rings. The van der Waals surface area contributed by atoms with Gasteiger partial charge in [0, 0.05) is 36.3 Å². The van der Waals surface area contributed by atoms with E-state index in [2.05, 4.69) is 30.8 Å². The Bertz CT molecular complexity index is 968. The molecule has 0 aliphatic carbocycles. The van der Waals surface area contributed by atoms with Crippen molar-refractivity contribution in [2.45, 2.75) is 32.4 Å². The predicted molar refractivity (Wildman–Crippen MR) is 113 cm³/mol. The van der Waals surface area contributed by atoms with Gasteiger partial charge in [0.15, 0.2) is 5.82 Å². The first-order valence-electron chi connectivity index (χ1n) is 9.54. The molecular formula is C21H26N6O3. The molecule has 0 radical (unpaired) electrons. The zero-order valence-corrected chi connectivity index (χ0v) is 17.5. The van der Waals surface area contributed by atoms with E-state index in [0.29, 0.717) is 17.4 Å². The summed E-state index contributed by atoms with van der Waals surface area (Å²) < 4.78 is 10.6. The van der Waals surface area contributed by atoms with E-state index >= 15 is 0 Å². The Morgan fingerprint density at radius 2 is 1.97 bits per heavy atom. The van der Waals surface area contributed by atoms with Gasteiger partial charge >= 0.3 is 6.09 Å². The number of amides is 1. The van der Waals surface area contributed by atoms with Crippen LogP contribution in [0.3, 0.4) is 0 Å². The Morgan fingerprint density at radius 1 is 1.20 bits per heavy atom. The third-order valence-electron chi connectivity index (χ3n) is 4.03. The fourth-order valence-electron chi connectivity index (χ4n) is 2.69. The zero-order valence-electron chi connectivity index (χ0n) is 17.5. The number of methoxy groups -OCH3 is 1. The Hall–Kier alpha value is -3.62. The van der Waals surface area contributed by atoms with E-state index in [1.807, 2.05) is 57.2 Å². The standard InChI is InChI=1S/C21H26N6O3/c1-21(2,3)30-20(28)23-13-17(24-15-6-5-7-16(12-15)29-4)19-25-18(26-27-19)14-8-10-22-11-9-14/h5-12,17,24H,13H2,1-4H3,(H,23,28)(H,25,26,27). The molecule has 0 spiro atoms. The summed E-state index contributed by atoms with van der Waals surface area (Å²) in [5, 5.41) is 13.4. The van der Waals surface area contributed by atoms with Crippen molar-refractivity contribution < 1.29 is 14.3 Å². The predicted octanol–water partition coefficient (Wildman–Crippen LogP) is 3.55. The van der Waals surface area contributed by atoms with Crippen LogP contribution in [-0.4, -0.2) is 45.5 Å². The van der Waals surface area contributed by atoms with Gasteiger partial charge in [-0.1, -0.05) is 6.07 Å². The number of hydrogen-bond donors (Lipinski definition) is 3. The minimum Gasteiger partial charge on any atom is -0.497 e. The number of alkyl carbamates (subject to hydrolysis) is 1. The number of carbonyl (C=O) groups excluding carboxylic acids is 1. The van der Waals surface area contributed by atoms with Crippen molar-refractivity contribution in [1.29, 1.82) is 0 Å². The van der Waals surface area contributed by atoms with Crippen molar-refractivity contribution in [2.24, 2.45) is 0 Å². The van der Waals surface area contributed by atoms with Crippen LogP contribution in [-0.2, 0) is 4.74 Å². The van der Waals surface area contributed by atoms with Crippen molar-refractivity contribution in [3.63, 3.8) is 0 Å². The number of hydrogen-bond acceptors (Lipinski definition) is 7. The van der Waals surface area contributed by atoms with Crippen LogP contribution in [0.4, 0.5) is 10.5 Å². The van der Waals surface area contributed by atoms with Gasteiger partial charge in [-0.2, -0.15) is 5.10 Å². The molecule has 158 valence electrons. The number of nitrogens with one attached hydrogen (secondary N) is 3. The van der Waals surface area contributed by atoms with Crippen LogP contribution >= 0.6 is 0 Å². The van der Waals surface area contributed by atoms with Crippen molar-refractivity contribution in [1.82, 2.24) is 25.5 Å². The van der Waals surface area contributed by atoms with Gasteiger partial charge in [-0.15, -0.1) is 0 Å². The molecule has 1 aromatic carbocycles. The van der Waals surface area contributed by atoms with E-state index in [0.717, 1.165) is 11.3 Å². The normalized spacial score (nSPS) is 12.1. The molecule has 2 heterocycles. The molecule has 0 aliphatic heterocycles. The lowest BCUT2D eigenvalue weighted by Gasteiger charge is -2.22. The van der Waals surface area contributed by atoms with Gasteiger partial charge in [0.05, 0.1) is 7.11 Å². The largest absolute Gasteiger partial charge is 0.497 e. The maximum absolute atomic E-state index is 12.1. The van der Waals surface area contributed by atoms with Crippen molar-refractivity contribution >= 4 is 11.8 Å². The van der Waals surface area contributed by atoms with Gasteiger partial charge in [-0.25, -0.2) is 9.78 Å². The Labute approximate surface area is 175 Å². The molecule has 1 amide bonds. The third-order valence-corrected chi connectivity index (χ3v) is 4.03. The number of carbonyl (C=O) groups is 1. The Balaban J connectivity index is 1.80. The second-order valence-corrected chi connectivity index (χ2v) is 7.59. The average Bonchev–Trinajstić information content (AvgIpc) is 3.21. The minimum atomic E-state index is -0.583. The molecule has 1 unspecified atom stereocenters. The highest BCUT2D eigenvalue weighted by Gasteiger charge is 2.21. The van der Waals surface area contributed by atoms with Gasteiger partial charge in [-0.05, 0) is 45.0 Å². The molecule has 9 heteroatoms. The average molecular weight is 410 g/mol. The summed E-state index contributed by atoms with van der Waals surface area (Å²) in [4.78, 5) is 20.7. The molecule has 0 saturated carbocycles. The van der Waals surface area contributed by atoms with Crippen molar-refractivity contribution in [3.05, 3.63) is 54.6 Å². The van der Waals surface area contributed by atoms with Gasteiger partial charge < -0.3 is 20.1 Å². The highest BCUT2D eigenvalue weighted by Crippen LogP contribution is 2.23. The monoisotopic (exact) mass is 410 g/mol. The summed E-state index contributed by atoms with van der Waals surface area (Å²) >= 11 is 0. The number of benzene rings is 1. The maximum atomic E-state index is 12.1. The van der Waals surface area contributed by atoms with E-state index in [1.165, 1.54) is 0 Å². The van der Waals surface area contributed by atoms with E-state index in [-0.39, 0.29) is 12.6 Å². The topological polar surface area (TPSA) is 114 Å². The molecule has 30 heavy (non-hydrogen) atoms. The van der Waals surface area contributed by atoms with E-state index in [9.17, 15) is 4.79 Å². The van der Waals surface area contributed by atoms with Crippen molar-refractivity contribution in [3.8, 4) is 17.1 Å². The summed E-state index contributed by atoms with van der Waals surface area (Å²) in [6, 6.07) is 10.8. The Kier molecular flexibility index (Phi) is 6.51. The number of rotatable bonds is 7. The van der Waals surface area contributed by atoms with Crippen LogP contribution in [0, 0.1) is 0 Å². The number of aromatic amines is 1. The fraction of sp³-hybridized carbons (Fsp3) is 0.333. The zero-order chi connectivity index (χ0) is 21.6. The number of pyridine rings is 1. The summed E-state index contributed by atoms with van der Waals surface area (Å²) in [6.07, 6.45) is 2.86. The second kappa shape index (κ2) is 9.25. The first kappa shape index (κ1) is 21.1. The first-order chi connectivity index (χ1) is 14.3. The van der Waals surface area contributed by atoms with E-state index in [1.54, 1.807) is 19.5 Å².